The zero-order valence-electron chi connectivity index (χ0n) is 16.6. The average Bonchev–Trinajstić information content (AvgIpc) is 3.23. The molecule has 3 heterocycles. The molecular formula is C18H24BrN6O3PS. The second kappa shape index (κ2) is 6.98. The largest absolute Gasteiger partial charge is 0.380 e. The van der Waals surface area contributed by atoms with Crippen LogP contribution in [0.2, 0.25) is 0 Å². The maximum Gasteiger partial charge on any atom is 0.252 e. The molecule has 2 aliphatic rings. The van der Waals surface area contributed by atoms with Crippen LogP contribution in [0.5, 0.6) is 0 Å². The number of nitrogens with two attached hydrogens (primary N) is 1. The zero-order valence-corrected chi connectivity index (χ0v) is 20.1. The van der Waals surface area contributed by atoms with Gasteiger partial charge in [-0.05, 0) is 34.3 Å². The lowest BCUT2D eigenvalue weighted by molar-refractivity contribution is 0.100. The second-order valence-corrected chi connectivity index (χ2v) is 12.3. The van der Waals surface area contributed by atoms with E-state index in [2.05, 4.69) is 42.5 Å². The van der Waals surface area contributed by atoms with Gasteiger partial charge in [-0.25, -0.2) is 17.2 Å². The first-order chi connectivity index (χ1) is 13.9. The molecule has 4 N–H and O–H groups in total. The van der Waals surface area contributed by atoms with Gasteiger partial charge in [0.15, 0.2) is 0 Å². The highest BCUT2D eigenvalue weighted by Gasteiger charge is 2.65. The normalized spacial score (nSPS) is 31.7. The molecule has 2 fully saturated rings. The fourth-order valence-electron chi connectivity index (χ4n) is 4.95. The van der Waals surface area contributed by atoms with Gasteiger partial charge in [-0.15, -0.1) is 9.24 Å². The topological polar surface area (TPSA) is 134 Å². The van der Waals surface area contributed by atoms with E-state index in [1.807, 2.05) is 6.07 Å². The van der Waals surface area contributed by atoms with Crippen molar-refractivity contribution in [3.05, 3.63) is 28.5 Å². The summed E-state index contributed by atoms with van der Waals surface area (Å²) in [6.45, 7) is 2.65. The van der Waals surface area contributed by atoms with E-state index in [-0.39, 0.29) is 24.1 Å². The third-order valence-corrected chi connectivity index (χ3v) is 9.68. The van der Waals surface area contributed by atoms with E-state index >= 15 is 0 Å². The molecule has 0 radical (unpaired) electrons. The lowest BCUT2D eigenvalue weighted by atomic mass is 9.78. The molecule has 2 aromatic rings. The molecule has 1 saturated carbocycles. The van der Waals surface area contributed by atoms with Gasteiger partial charge in [0.25, 0.3) is 5.91 Å². The number of nitrogens with one attached hydrogen (secondary N) is 2. The summed E-state index contributed by atoms with van der Waals surface area (Å²) < 4.78 is 28.3. The molecule has 162 valence electrons. The fraction of sp³-hybridized carbons (Fsp3) is 0.500. The van der Waals surface area contributed by atoms with Gasteiger partial charge < -0.3 is 16.5 Å². The van der Waals surface area contributed by atoms with Crippen molar-refractivity contribution in [2.45, 2.75) is 24.5 Å². The summed E-state index contributed by atoms with van der Waals surface area (Å²) in [5, 5.41) is 15.4. The monoisotopic (exact) mass is 514 g/mol. The minimum Gasteiger partial charge on any atom is -0.380 e. The number of anilines is 1. The molecule has 2 aromatic heterocycles. The Balaban J connectivity index is 1.74. The van der Waals surface area contributed by atoms with E-state index in [4.69, 9.17) is 11.1 Å². The summed E-state index contributed by atoms with van der Waals surface area (Å²) >= 11 is 3.44. The maximum absolute atomic E-state index is 12.2. The van der Waals surface area contributed by atoms with Crippen molar-refractivity contribution in [1.82, 2.24) is 13.9 Å². The number of hydrogen-bond acceptors (Lipinski definition) is 6. The van der Waals surface area contributed by atoms with Crippen LogP contribution in [-0.2, 0) is 10.0 Å². The fourth-order valence-corrected chi connectivity index (χ4v) is 7.15. The van der Waals surface area contributed by atoms with E-state index in [1.54, 1.807) is 10.7 Å². The standard InChI is InChI=1S/C18H24BrN6O3PS/c1-10-13(4-17(7-20)8-24(30(2,27)28)9-18(10,17)29)23-15-12(16(21)26)5-22-25-6-11(19)3-14(15)25/h3,5-7,10,13,20,23H,4,8-9,29H2,1-2H3,(H2,21,26). The van der Waals surface area contributed by atoms with Crippen molar-refractivity contribution in [1.29, 1.82) is 5.41 Å². The number of amides is 1. The first-order valence-electron chi connectivity index (χ1n) is 9.41. The van der Waals surface area contributed by atoms with Crippen LogP contribution in [0, 0.1) is 16.7 Å². The first-order valence-corrected chi connectivity index (χ1v) is 12.6. The van der Waals surface area contributed by atoms with E-state index in [0.29, 0.717) is 24.2 Å². The highest BCUT2D eigenvalue weighted by atomic mass is 79.9. The number of rotatable bonds is 5. The van der Waals surface area contributed by atoms with Gasteiger partial charge in [-0.1, -0.05) is 6.92 Å². The van der Waals surface area contributed by atoms with Gasteiger partial charge in [0.1, 0.15) is 0 Å². The Morgan fingerprint density at radius 3 is 2.77 bits per heavy atom. The number of fused-ring (bicyclic) bond motifs is 2. The number of primary amides is 1. The predicted octanol–water partition coefficient (Wildman–Crippen LogP) is 1.54. The van der Waals surface area contributed by atoms with Crippen LogP contribution in [0.4, 0.5) is 5.69 Å². The Morgan fingerprint density at radius 1 is 1.50 bits per heavy atom. The van der Waals surface area contributed by atoms with Crippen LogP contribution in [0.1, 0.15) is 23.7 Å². The van der Waals surface area contributed by atoms with Crippen molar-refractivity contribution in [2.24, 2.45) is 17.1 Å². The molecular weight excluding hydrogens is 491 g/mol. The lowest BCUT2D eigenvalue weighted by Crippen LogP contribution is -2.43. The molecule has 4 rings (SSSR count). The average molecular weight is 515 g/mol. The molecule has 0 bridgehead atoms. The Labute approximate surface area is 185 Å². The highest BCUT2D eigenvalue weighted by Crippen LogP contribution is 2.59. The molecule has 5 unspecified atom stereocenters. The van der Waals surface area contributed by atoms with Gasteiger partial charge in [0.2, 0.25) is 10.0 Å². The van der Waals surface area contributed by atoms with Gasteiger partial charge in [-0.2, -0.15) is 5.10 Å². The Hall–Kier alpha value is -1.55. The smallest absolute Gasteiger partial charge is 0.252 e. The summed E-state index contributed by atoms with van der Waals surface area (Å²) in [5.74, 6) is -0.579. The van der Waals surface area contributed by atoms with Gasteiger partial charge in [-0.3, -0.25) is 4.79 Å². The molecule has 5 atom stereocenters. The third-order valence-electron chi connectivity index (χ3n) is 6.77. The Bertz CT molecular complexity index is 1170. The van der Waals surface area contributed by atoms with Crippen LogP contribution < -0.4 is 11.1 Å². The minimum atomic E-state index is -3.36. The quantitative estimate of drug-likeness (QED) is 0.411. The Morgan fingerprint density at radius 2 is 2.20 bits per heavy atom. The van der Waals surface area contributed by atoms with Crippen LogP contribution in [-0.4, -0.2) is 65.0 Å². The predicted molar refractivity (Wildman–Crippen MR) is 123 cm³/mol. The molecule has 9 nitrogen and oxygen atoms in total. The van der Waals surface area contributed by atoms with Crippen LogP contribution >= 0.6 is 25.2 Å². The Kier molecular flexibility index (Phi) is 5.04. The number of aromatic nitrogens is 2. The number of carbonyl (C=O) groups excluding carboxylic acids is 1. The van der Waals surface area contributed by atoms with Gasteiger partial charge in [0, 0.05) is 46.6 Å². The zero-order chi connectivity index (χ0) is 22.1. The third kappa shape index (κ3) is 3.09. The van der Waals surface area contributed by atoms with Crippen LogP contribution in [0.3, 0.4) is 0 Å². The summed E-state index contributed by atoms with van der Waals surface area (Å²) in [6, 6.07) is 1.76. The van der Waals surface area contributed by atoms with Crippen LogP contribution in [0.15, 0.2) is 22.9 Å². The number of hydrogen-bond donors (Lipinski definition) is 3. The number of sulfonamides is 1. The molecule has 0 spiro atoms. The van der Waals surface area contributed by atoms with Crippen molar-refractivity contribution in [3.8, 4) is 0 Å². The van der Waals surface area contributed by atoms with Crippen molar-refractivity contribution >= 4 is 58.5 Å². The minimum absolute atomic E-state index is 0.00296. The maximum atomic E-state index is 12.2. The van der Waals surface area contributed by atoms with E-state index in [0.717, 1.165) is 4.47 Å². The molecule has 1 amide bonds. The van der Waals surface area contributed by atoms with Crippen LogP contribution in [0.25, 0.3) is 5.52 Å². The second-order valence-electron chi connectivity index (χ2n) is 8.40. The summed E-state index contributed by atoms with van der Waals surface area (Å²) in [4.78, 5) is 12.1. The summed E-state index contributed by atoms with van der Waals surface area (Å²) in [6.07, 6.45) is 6.39. The molecule has 12 heteroatoms. The molecule has 30 heavy (non-hydrogen) atoms. The summed E-state index contributed by atoms with van der Waals surface area (Å²) in [5.41, 5.74) is 6.58. The van der Waals surface area contributed by atoms with Gasteiger partial charge >= 0.3 is 0 Å². The van der Waals surface area contributed by atoms with Crippen molar-refractivity contribution < 1.29 is 13.2 Å². The molecule has 1 saturated heterocycles. The van der Waals surface area contributed by atoms with E-state index in [1.165, 1.54) is 23.0 Å². The summed E-state index contributed by atoms with van der Waals surface area (Å²) in [7, 11) is -0.512. The van der Waals surface area contributed by atoms with E-state index in [9.17, 15) is 13.2 Å². The number of carbonyl (C=O) groups is 1. The van der Waals surface area contributed by atoms with E-state index < -0.39 is 26.5 Å². The van der Waals surface area contributed by atoms with Crippen molar-refractivity contribution in [2.75, 3.05) is 24.7 Å². The van der Waals surface area contributed by atoms with Gasteiger partial charge in [0.05, 0.1) is 29.2 Å². The molecule has 1 aliphatic heterocycles. The van der Waals surface area contributed by atoms with Crippen molar-refractivity contribution in [3.63, 3.8) is 0 Å². The number of nitrogens with zero attached hydrogens (tertiary/aromatic N) is 3. The SMILES string of the molecule is CC1C(Nc2c(C(N)=O)cnn3cc(Br)cc23)CC2(C=N)CN(S(C)(=O)=O)CC12P. The molecule has 1 aliphatic carbocycles. The number of halogens is 1. The molecule has 0 aromatic carbocycles. The highest BCUT2D eigenvalue weighted by molar-refractivity contribution is 9.10. The first kappa shape index (κ1) is 21.7. The lowest BCUT2D eigenvalue weighted by Gasteiger charge is -2.35.